The third-order valence-corrected chi connectivity index (χ3v) is 6.93. The van der Waals surface area contributed by atoms with Crippen molar-refractivity contribution in [3.8, 4) is 11.8 Å². The molecule has 1 amide bonds. The first kappa shape index (κ1) is 29.0. The van der Waals surface area contributed by atoms with Crippen LogP contribution in [-0.4, -0.2) is 70.0 Å². The molecule has 3 aromatic rings. The number of imidazole rings is 1. The first-order valence-electron chi connectivity index (χ1n) is 12.6. The van der Waals surface area contributed by atoms with Gasteiger partial charge in [-0.3, -0.25) is 14.5 Å². The Morgan fingerprint density at radius 1 is 1.10 bits per heavy atom. The number of alkyl halides is 3. The van der Waals surface area contributed by atoms with Crippen LogP contribution in [0.15, 0.2) is 42.6 Å². The van der Waals surface area contributed by atoms with E-state index in [1.54, 1.807) is 31.3 Å². The number of halogens is 3. The Labute approximate surface area is 231 Å². The number of nitrogens with zero attached hydrogens (tertiary/aromatic N) is 5. The maximum Gasteiger partial charge on any atom is 0.416 e. The molecule has 2 aromatic carbocycles. The van der Waals surface area contributed by atoms with Gasteiger partial charge in [-0.1, -0.05) is 30.2 Å². The predicted octanol–water partition coefficient (Wildman–Crippen LogP) is 3.22. The van der Waals surface area contributed by atoms with Crippen LogP contribution >= 0.6 is 0 Å². The molecule has 1 saturated heterocycles. The van der Waals surface area contributed by atoms with Gasteiger partial charge >= 0.3 is 6.18 Å². The molecule has 0 bridgehead atoms. The molecule has 4 rings (SSSR count). The molecule has 0 spiro atoms. The lowest BCUT2D eigenvalue weighted by Gasteiger charge is -2.24. The number of Topliss-reactive ketones (excluding diaryl/α,β-unsaturated/α-hetero) is 1. The molecular weight excluding hydrogens is 521 g/mol. The molecule has 40 heavy (non-hydrogen) atoms. The number of hydrogen-bond donors (Lipinski definition) is 1. The van der Waals surface area contributed by atoms with E-state index >= 15 is 0 Å². The van der Waals surface area contributed by atoms with E-state index in [0.717, 1.165) is 18.2 Å². The zero-order valence-electron chi connectivity index (χ0n) is 22.8. The second-order valence-electron chi connectivity index (χ2n) is 10.0. The summed E-state index contributed by atoms with van der Waals surface area (Å²) >= 11 is 0. The summed E-state index contributed by atoms with van der Waals surface area (Å²) in [4.78, 5) is 30.4. The first-order valence-corrected chi connectivity index (χ1v) is 12.6. The van der Waals surface area contributed by atoms with Crippen LogP contribution in [0.1, 0.15) is 54.5 Å². The summed E-state index contributed by atoms with van der Waals surface area (Å²) in [5, 5.41) is 3.98. The lowest BCUT2D eigenvalue weighted by molar-refractivity contribution is -0.138. The highest BCUT2D eigenvalue weighted by atomic mass is 19.4. The van der Waals surface area contributed by atoms with Crippen LogP contribution in [0.5, 0.6) is 0 Å². The van der Waals surface area contributed by atoms with Crippen LogP contribution < -0.4 is 5.73 Å². The maximum atomic E-state index is 14.0. The van der Waals surface area contributed by atoms with Crippen molar-refractivity contribution in [1.82, 2.24) is 24.5 Å². The van der Waals surface area contributed by atoms with E-state index in [1.807, 2.05) is 30.9 Å². The van der Waals surface area contributed by atoms with Gasteiger partial charge in [-0.15, -0.1) is 0 Å². The van der Waals surface area contributed by atoms with Gasteiger partial charge in [0.05, 0.1) is 18.4 Å². The van der Waals surface area contributed by atoms with E-state index in [1.165, 1.54) is 16.8 Å². The van der Waals surface area contributed by atoms with Crippen LogP contribution in [0.4, 0.5) is 13.2 Å². The number of rotatable bonds is 7. The first-order chi connectivity index (χ1) is 18.8. The number of hydrogen-bond acceptors (Lipinski definition) is 6. The fourth-order valence-corrected chi connectivity index (χ4v) is 4.56. The Morgan fingerprint density at radius 3 is 2.48 bits per heavy atom. The Balaban J connectivity index is 1.53. The van der Waals surface area contributed by atoms with Gasteiger partial charge in [0.25, 0.3) is 5.91 Å². The molecule has 1 fully saturated rings. The van der Waals surface area contributed by atoms with E-state index in [2.05, 4.69) is 21.8 Å². The van der Waals surface area contributed by atoms with Crippen LogP contribution in [0.3, 0.4) is 0 Å². The average Bonchev–Trinajstić information content (AvgIpc) is 3.50. The van der Waals surface area contributed by atoms with Gasteiger partial charge < -0.3 is 10.3 Å². The van der Waals surface area contributed by atoms with Gasteiger partial charge in [0, 0.05) is 58.3 Å². The molecule has 0 atom stereocenters. The highest BCUT2D eigenvalue weighted by Crippen LogP contribution is 2.34. The summed E-state index contributed by atoms with van der Waals surface area (Å²) in [5.41, 5.74) is 7.26. The third kappa shape index (κ3) is 6.59. The van der Waals surface area contributed by atoms with Crippen molar-refractivity contribution in [2.75, 3.05) is 33.9 Å². The Kier molecular flexibility index (Phi) is 8.44. The molecule has 2 N–H and O–H groups in total. The van der Waals surface area contributed by atoms with Crippen molar-refractivity contribution in [3.05, 3.63) is 87.5 Å². The Hall–Kier alpha value is -3.98. The quantitative estimate of drug-likeness (QED) is 0.358. The van der Waals surface area contributed by atoms with Crippen LogP contribution in [-0.2, 0) is 26.2 Å². The fourth-order valence-electron chi connectivity index (χ4n) is 4.56. The summed E-state index contributed by atoms with van der Waals surface area (Å²) in [6.07, 6.45) is -3.29. The third-order valence-electron chi connectivity index (χ3n) is 6.93. The number of aromatic nitrogens is 2. The lowest BCUT2D eigenvalue weighted by Crippen LogP contribution is -2.36. The molecule has 0 radical (unpaired) electrons. The SMILES string of the molecule is Cc1ccc(C(=O)Cc2ccc(CN3CCN(N(C)C)C3)c(C(F)(F)F)c2)cc1C#Cc1cnc(C(N)=O)n1C. The molecule has 1 aromatic heterocycles. The van der Waals surface area contributed by atoms with Crippen molar-refractivity contribution in [2.24, 2.45) is 12.8 Å². The number of primary amides is 1. The second-order valence-corrected chi connectivity index (χ2v) is 10.0. The van der Waals surface area contributed by atoms with Gasteiger partial charge in [-0.2, -0.15) is 13.2 Å². The molecule has 0 saturated carbocycles. The molecule has 11 heteroatoms. The molecule has 0 unspecified atom stereocenters. The number of nitrogens with two attached hydrogens (primary N) is 1. The van der Waals surface area contributed by atoms with E-state index in [0.29, 0.717) is 35.6 Å². The maximum absolute atomic E-state index is 14.0. The summed E-state index contributed by atoms with van der Waals surface area (Å²) in [5.74, 6) is 5.00. The van der Waals surface area contributed by atoms with Crippen molar-refractivity contribution in [3.63, 3.8) is 0 Å². The monoisotopic (exact) mass is 552 g/mol. The van der Waals surface area contributed by atoms with E-state index in [9.17, 15) is 22.8 Å². The van der Waals surface area contributed by atoms with Crippen LogP contribution in [0.2, 0.25) is 0 Å². The Bertz CT molecular complexity index is 1500. The number of carbonyl (C=O) groups is 2. The molecule has 2 heterocycles. The summed E-state index contributed by atoms with van der Waals surface area (Å²) in [7, 11) is 5.43. The minimum absolute atomic E-state index is 0.0742. The molecule has 1 aliphatic rings. The number of aryl methyl sites for hydroxylation is 1. The Morgan fingerprint density at radius 2 is 1.85 bits per heavy atom. The number of carbonyl (C=O) groups excluding carboxylic acids is 2. The number of amides is 1. The number of ketones is 1. The molecule has 1 aliphatic heterocycles. The smallest absolute Gasteiger partial charge is 0.363 e. The van der Waals surface area contributed by atoms with Gasteiger partial charge in [0.15, 0.2) is 11.6 Å². The highest BCUT2D eigenvalue weighted by molar-refractivity contribution is 5.98. The minimum Gasteiger partial charge on any atom is -0.363 e. The zero-order chi connectivity index (χ0) is 29.2. The van der Waals surface area contributed by atoms with E-state index in [-0.39, 0.29) is 30.1 Å². The second kappa shape index (κ2) is 11.6. The van der Waals surface area contributed by atoms with Gasteiger partial charge in [-0.25, -0.2) is 15.0 Å². The molecule has 8 nitrogen and oxygen atoms in total. The van der Waals surface area contributed by atoms with E-state index in [4.69, 9.17) is 5.73 Å². The fraction of sp³-hybridized carbons (Fsp3) is 0.345. The van der Waals surface area contributed by atoms with Crippen molar-refractivity contribution < 1.29 is 22.8 Å². The predicted molar refractivity (Wildman–Crippen MR) is 144 cm³/mol. The summed E-state index contributed by atoms with van der Waals surface area (Å²) < 4.78 is 43.5. The minimum atomic E-state index is -4.54. The molecule has 210 valence electrons. The number of benzene rings is 2. The van der Waals surface area contributed by atoms with E-state index < -0.39 is 17.6 Å². The topological polar surface area (TPSA) is 87.7 Å². The van der Waals surface area contributed by atoms with Crippen molar-refractivity contribution in [2.45, 2.75) is 26.1 Å². The summed E-state index contributed by atoms with van der Waals surface area (Å²) in [6.45, 7) is 3.98. The zero-order valence-corrected chi connectivity index (χ0v) is 22.8. The van der Waals surface area contributed by atoms with Gasteiger partial charge in [0.2, 0.25) is 0 Å². The average molecular weight is 553 g/mol. The number of hydrazine groups is 1. The van der Waals surface area contributed by atoms with Crippen LogP contribution in [0.25, 0.3) is 0 Å². The molecular formula is C29H31F3N6O2. The van der Waals surface area contributed by atoms with Crippen LogP contribution in [0, 0.1) is 18.8 Å². The standard InChI is InChI=1S/C29H31F3N6O2/c1-19-5-7-22(15-21(19)9-10-24-16-34-28(27(33)40)36(24)4)26(39)14-20-6-8-23(25(13-20)29(30,31)32)17-37-11-12-38(18-37)35(2)3/h5-8,13,15-16H,11-12,14,17-18H2,1-4H3,(H2,33,40). The van der Waals surface area contributed by atoms with Crippen molar-refractivity contribution >= 4 is 11.7 Å². The summed E-state index contributed by atoms with van der Waals surface area (Å²) in [6, 6.07) is 9.16. The molecule has 0 aliphatic carbocycles. The highest BCUT2D eigenvalue weighted by Gasteiger charge is 2.34. The van der Waals surface area contributed by atoms with Gasteiger partial charge in [-0.05, 0) is 41.7 Å². The largest absolute Gasteiger partial charge is 0.416 e. The lowest BCUT2D eigenvalue weighted by atomic mass is 9.96. The van der Waals surface area contributed by atoms with Crippen molar-refractivity contribution in [1.29, 1.82) is 0 Å². The normalized spacial score (nSPS) is 14.4. The van der Waals surface area contributed by atoms with Gasteiger partial charge in [0.1, 0.15) is 5.69 Å².